The molecule has 0 unspecified atom stereocenters. The first-order valence-electron chi connectivity index (χ1n) is 5.89. The average molecular weight is 245 g/mol. The predicted octanol–water partition coefficient (Wildman–Crippen LogP) is 3.34. The molecule has 0 radical (unpaired) electrons. The summed E-state index contributed by atoms with van der Waals surface area (Å²) in [5.41, 5.74) is 8.06. The molecule has 0 fully saturated rings. The molecule has 0 bridgehead atoms. The zero-order valence-electron chi connectivity index (χ0n) is 10.3. The number of nitrogen functional groups attached to an aromatic ring is 1. The molecule has 2 nitrogen and oxygen atoms in total. The Morgan fingerprint density at radius 3 is 2.61 bits per heavy atom. The molecule has 0 saturated carbocycles. The van der Waals surface area contributed by atoms with Crippen molar-refractivity contribution in [3.05, 3.63) is 59.4 Å². The molecule has 2 aromatic carbocycles. The lowest BCUT2D eigenvalue weighted by atomic mass is 10.1. The van der Waals surface area contributed by atoms with E-state index < -0.39 is 5.82 Å². The molecular formula is C15H16FNO. The number of anilines is 1. The third-order valence-electron chi connectivity index (χ3n) is 2.81. The Balaban J connectivity index is 1.97. The van der Waals surface area contributed by atoms with Gasteiger partial charge in [-0.15, -0.1) is 0 Å². The number of aryl methyl sites for hydroxylation is 1. The Hall–Kier alpha value is -2.03. The second kappa shape index (κ2) is 5.54. The van der Waals surface area contributed by atoms with Gasteiger partial charge in [0.25, 0.3) is 0 Å². The molecule has 0 aliphatic carbocycles. The number of hydrogen-bond donors (Lipinski definition) is 1. The number of nitrogens with two attached hydrogens (primary N) is 1. The van der Waals surface area contributed by atoms with Crippen LogP contribution in [0.4, 0.5) is 10.1 Å². The highest BCUT2D eigenvalue weighted by Crippen LogP contribution is 2.23. The van der Waals surface area contributed by atoms with Gasteiger partial charge < -0.3 is 10.5 Å². The summed E-state index contributed by atoms with van der Waals surface area (Å²) in [6.45, 7) is 2.28. The van der Waals surface area contributed by atoms with E-state index in [0.29, 0.717) is 12.3 Å². The van der Waals surface area contributed by atoms with Crippen LogP contribution in [0.2, 0.25) is 0 Å². The highest BCUT2D eigenvalue weighted by molar-refractivity contribution is 5.50. The summed E-state index contributed by atoms with van der Waals surface area (Å²) >= 11 is 0. The van der Waals surface area contributed by atoms with Crippen LogP contribution in [0.25, 0.3) is 0 Å². The van der Waals surface area contributed by atoms with E-state index >= 15 is 0 Å². The second-order valence-corrected chi connectivity index (χ2v) is 4.22. The molecule has 0 spiro atoms. The van der Waals surface area contributed by atoms with E-state index in [9.17, 15) is 4.39 Å². The van der Waals surface area contributed by atoms with Gasteiger partial charge in [-0.25, -0.2) is 4.39 Å². The quantitative estimate of drug-likeness (QED) is 0.838. The van der Waals surface area contributed by atoms with Crippen LogP contribution in [0.5, 0.6) is 5.75 Å². The van der Waals surface area contributed by atoms with Crippen molar-refractivity contribution in [1.82, 2.24) is 0 Å². The maximum Gasteiger partial charge on any atom is 0.167 e. The van der Waals surface area contributed by atoms with E-state index in [4.69, 9.17) is 10.5 Å². The van der Waals surface area contributed by atoms with Crippen molar-refractivity contribution in [3.63, 3.8) is 0 Å². The molecule has 0 aromatic heterocycles. The van der Waals surface area contributed by atoms with E-state index in [2.05, 4.69) is 0 Å². The van der Waals surface area contributed by atoms with Crippen molar-refractivity contribution in [3.8, 4) is 5.75 Å². The lowest BCUT2D eigenvalue weighted by molar-refractivity contribution is 0.305. The molecule has 0 heterocycles. The molecule has 2 aromatic rings. The normalized spacial score (nSPS) is 10.3. The Morgan fingerprint density at radius 1 is 1.17 bits per heavy atom. The van der Waals surface area contributed by atoms with Crippen molar-refractivity contribution < 1.29 is 9.13 Å². The molecule has 0 aliphatic heterocycles. The minimum Gasteiger partial charge on any atom is -0.490 e. The topological polar surface area (TPSA) is 35.2 Å². The summed E-state index contributed by atoms with van der Waals surface area (Å²) in [6.07, 6.45) is 0.754. The second-order valence-electron chi connectivity index (χ2n) is 4.22. The molecule has 2 rings (SSSR count). The minimum absolute atomic E-state index is 0.262. The van der Waals surface area contributed by atoms with Gasteiger partial charge in [0, 0.05) is 18.2 Å². The highest BCUT2D eigenvalue weighted by atomic mass is 19.1. The minimum atomic E-state index is -0.411. The van der Waals surface area contributed by atoms with Crippen molar-refractivity contribution >= 4 is 5.69 Å². The van der Waals surface area contributed by atoms with Crippen LogP contribution in [-0.2, 0) is 6.42 Å². The van der Waals surface area contributed by atoms with Crippen molar-refractivity contribution in [2.75, 3.05) is 12.3 Å². The van der Waals surface area contributed by atoms with Gasteiger partial charge in [-0.3, -0.25) is 0 Å². The summed E-state index contributed by atoms with van der Waals surface area (Å²) in [5.74, 6) is -0.149. The predicted molar refractivity (Wildman–Crippen MR) is 71.2 cm³/mol. The summed E-state index contributed by atoms with van der Waals surface area (Å²) in [4.78, 5) is 0. The van der Waals surface area contributed by atoms with Crippen molar-refractivity contribution in [2.45, 2.75) is 13.3 Å². The fraction of sp³-hybridized carbons (Fsp3) is 0.200. The first-order chi connectivity index (χ1) is 8.66. The smallest absolute Gasteiger partial charge is 0.167 e. The van der Waals surface area contributed by atoms with Crippen LogP contribution >= 0.6 is 0 Å². The standard InChI is InChI=1S/C15H16FNO/c1-11-9-15(13(16)10-14(11)17)18-8-7-12-5-3-2-4-6-12/h2-6,9-10H,7-8,17H2,1H3. The summed E-state index contributed by atoms with van der Waals surface area (Å²) in [7, 11) is 0. The van der Waals surface area contributed by atoms with E-state index in [1.54, 1.807) is 6.07 Å². The zero-order chi connectivity index (χ0) is 13.0. The molecule has 0 amide bonds. The monoisotopic (exact) mass is 245 g/mol. The first-order valence-corrected chi connectivity index (χ1v) is 5.89. The molecule has 94 valence electrons. The third kappa shape index (κ3) is 3.00. The summed E-state index contributed by atoms with van der Waals surface area (Å²) in [6, 6.07) is 12.9. The summed E-state index contributed by atoms with van der Waals surface area (Å²) in [5, 5.41) is 0. The molecule has 18 heavy (non-hydrogen) atoms. The Kier molecular flexibility index (Phi) is 3.82. The van der Waals surface area contributed by atoms with Gasteiger partial charge in [-0.05, 0) is 24.1 Å². The lowest BCUT2D eigenvalue weighted by Crippen LogP contribution is -2.03. The van der Waals surface area contributed by atoms with E-state index in [1.807, 2.05) is 37.3 Å². The van der Waals surface area contributed by atoms with Crippen molar-refractivity contribution in [1.29, 1.82) is 0 Å². The maximum absolute atomic E-state index is 13.6. The largest absolute Gasteiger partial charge is 0.490 e. The first kappa shape index (κ1) is 12.4. The van der Waals surface area contributed by atoms with Crippen molar-refractivity contribution in [2.24, 2.45) is 0 Å². The number of benzene rings is 2. The van der Waals surface area contributed by atoms with Gasteiger partial charge >= 0.3 is 0 Å². The SMILES string of the molecule is Cc1cc(OCCc2ccccc2)c(F)cc1N. The van der Waals surface area contributed by atoms with Crippen LogP contribution < -0.4 is 10.5 Å². The molecule has 0 aliphatic rings. The Morgan fingerprint density at radius 2 is 1.89 bits per heavy atom. The Bertz CT molecular complexity index is 526. The third-order valence-corrected chi connectivity index (χ3v) is 2.81. The molecular weight excluding hydrogens is 229 g/mol. The molecule has 2 N–H and O–H groups in total. The number of hydrogen-bond acceptors (Lipinski definition) is 2. The van der Waals surface area contributed by atoms with Gasteiger partial charge in [0.1, 0.15) is 0 Å². The van der Waals surface area contributed by atoms with Gasteiger partial charge in [0.05, 0.1) is 6.61 Å². The van der Waals surface area contributed by atoms with Crippen LogP contribution in [0.1, 0.15) is 11.1 Å². The maximum atomic E-state index is 13.6. The zero-order valence-corrected chi connectivity index (χ0v) is 10.3. The molecule has 0 saturated heterocycles. The molecule has 0 atom stereocenters. The van der Waals surface area contributed by atoms with Crippen LogP contribution in [0.15, 0.2) is 42.5 Å². The highest BCUT2D eigenvalue weighted by Gasteiger charge is 2.06. The van der Waals surface area contributed by atoms with Gasteiger partial charge in [-0.2, -0.15) is 0 Å². The molecule has 3 heteroatoms. The number of halogens is 1. The van der Waals surface area contributed by atoms with E-state index in [-0.39, 0.29) is 5.75 Å². The fourth-order valence-electron chi connectivity index (χ4n) is 1.70. The summed E-state index contributed by atoms with van der Waals surface area (Å²) < 4.78 is 19.0. The van der Waals surface area contributed by atoms with Crippen LogP contribution in [0, 0.1) is 12.7 Å². The van der Waals surface area contributed by atoms with Crippen LogP contribution in [0.3, 0.4) is 0 Å². The van der Waals surface area contributed by atoms with Crippen LogP contribution in [-0.4, -0.2) is 6.61 Å². The van der Waals surface area contributed by atoms with Gasteiger partial charge in [0.2, 0.25) is 0 Å². The lowest BCUT2D eigenvalue weighted by Gasteiger charge is -2.09. The van der Waals surface area contributed by atoms with E-state index in [1.165, 1.54) is 11.6 Å². The van der Waals surface area contributed by atoms with Gasteiger partial charge in [-0.1, -0.05) is 30.3 Å². The number of ether oxygens (including phenoxy) is 1. The fourth-order valence-corrected chi connectivity index (χ4v) is 1.70. The van der Waals surface area contributed by atoms with E-state index in [0.717, 1.165) is 12.0 Å². The Labute approximate surface area is 106 Å². The van der Waals surface area contributed by atoms with Gasteiger partial charge in [0.15, 0.2) is 11.6 Å². The number of rotatable bonds is 4. The average Bonchev–Trinajstić information content (AvgIpc) is 2.37.